The van der Waals surface area contributed by atoms with Crippen molar-refractivity contribution in [3.05, 3.63) is 35.9 Å². The molecule has 0 bridgehead atoms. The van der Waals surface area contributed by atoms with Crippen molar-refractivity contribution in [3.8, 4) is 0 Å². The smallest absolute Gasteiger partial charge is 0.248 e. The number of hydrogen-bond acceptors (Lipinski definition) is 5. The van der Waals surface area contributed by atoms with E-state index in [1.54, 1.807) is 6.33 Å². The van der Waals surface area contributed by atoms with Gasteiger partial charge in [0.05, 0.1) is 17.4 Å². The zero-order valence-electron chi connectivity index (χ0n) is 14.0. The van der Waals surface area contributed by atoms with Gasteiger partial charge in [-0.1, -0.05) is 6.07 Å². The monoisotopic (exact) mass is 340 g/mol. The Bertz CT molecular complexity index is 894. The van der Waals surface area contributed by atoms with Gasteiger partial charge in [-0.2, -0.15) is 4.98 Å². The van der Waals surface area contributed by atoms with Gasteiger partial charge in [0.2, 0.25) is 11.9 Å². The summed E-state index contributed by atoms with van der Waals surface area (Å²) in [6, 6.07) is 6.07. The molecule has 130 valence electrons. The third kappa shape index (κ3) is 3.39. The number of benzene rings is 1. The molecule has 1 amide bonds. The van der Waals surface area contributed by atoms with Gasteiger partial charge in [-0.05, 0) is 37.0 Å². The van der Waals surface area contributed by atoms with E-state index in [2.05, 4.69) is 25.5 Å². The summed E-state index contributed by atoms with van der Waals surface area (Å²) in [7, 11) is 1.96. The number of amides is 1. The van der Waals surface area contributed by atoms with Crippen LogP contribution < -0.4 is 5.32 Å². The zero-order chi connectivity index (χ0) is 17.2. The Morgan fingerprint density at radius 3 is 3.24 bits per heavy atom. The molecule has 1 aromatic carbocycles. The number of nitrogens with one attached hydrogen (secondary N) is 2. The predicted molar refractivity (Wildman–Crippen MR) is 92.0 cm³/mol. The summed E-state index contributed by atoms with van der Waals surface area (Å²) in [6.07, 6.45) is 4.70. The Morgan fingerprint density at radius 1 is 1.48 bits per heavy atom. The van der Waals surface area contributed by atoms with Crippen molar-refractivity contribution in [1.29, 1.82) is 0 Å². The molecule has 0 unspecified atom stereocenters. The van der Waals surface area contributed by atoms with Gasteiger partial charge in [-0.15, -0.1) is 5.10 Å². The fraction of sp³-hybridized carbons (Fsp3) is 0.412. The molecule has 1 aliphatic rings. The summed E-state index contributed by atoms with van der Waals surface area (Å²) < 4.78 is 7.52. The van der Waals surface area contributed by atoms with E-state index in [9.17, 15) is 4.79 Å². The SMILES string of the molecule is Cn1cnc2cc(CCC(=O)Nc3n[nH]c([C@@H]4CCCO4)n3)ccc21. The Morgan fingerprint density at radius 2 is 2.40 bits per heavy atom. The number of rotatable bonds is 5. The van der Waals surface area contributed by atoms with E-state index in [4.69, 9.17) is 4.74 Å². The lowest BCUT2D eigenvalue weighted by Gasteiger charge is -2.04. The lowest BCUT2D eigenvalue weighted by Crippen LogP contribution is -2.13. The van der Waals surface area contributed by atoms with Gasteiger partial charge in [0.1, 0.15) is 6.10 Å². The highest BCUT2D eigenvalue weighted by Crippen LogP contribution is 2.26. The first-order valence-electron chi connectivity index (χ1n) is 8.43. The van der Waals surface area contributed by atoms with E-state index >= 15 is 0 Å². The van der Waals surface area contributed by atoms with Crippen LogP contribution in [0.3, 0.4) is 0 Å². The van der Waals surface area contributed by atoms with Crippen molar-refractivity contribution in [3.63, 3.8) is 0 Å². The van der Waals surface area contributed by atoms with Gasteiger partial charge in [0.25, 0.3) is 0 Å². The van der Waals surface area contributed by atoms with Crippen LogP contribution in [0.15, 0.2) is 24.5 Å². The van der Waals surface area contributed by atoms with Crippen LogP contribution in [0.2, 0.25) is 0 Å². The molecule has 0 saturated carbocycles. The molecule has 2 aromatic heterocycles. The van der Waals surface area contributed by atoms with E-state index in [1.807, 2.05) is 29.8 Å². The number of aromatic amines is 1. The van der Waals surface area contributed by atoms with E-state index < -0.39 is 0 Å². The quantitative estimate of drug-likeness (QED) is 0.741. The molecule has 8 nitrogen and oxygen atoms in total. The molecule has 25 heavy (non-hydrogen) atoms. The average molecular weight is 340 g/mol. The maximum absolute atomic E-state index is 12.1. The van der Waals surface area contributed by atoms with Crippen LogP contribution in [0.5, 0.6) is 0 Å². The van der Waals surface area contributed by atoms with Gasteiger partial charge in [-0.25, -0.2) is 4.98 Å². The summed E-state index contributed by atoms with van der Waals surface area (Å²) >= 11 is 0. The Balaban J connectivity index is 1.33. The lowest BCUT2D eigenvalue weighted by molar-refractivity contribution is -0.116. The van der Waals surface area contributed by atoms with Crippen LogP contribution in [0.25, 0.3) is 11.0 Å². The van der Waals surface area contributed by atoms with E-state index in [1.165, 1.54) is 0 Å². The van der Waals surface area contributed by atoms with Crippen LogP contribution in [-0.2, 0) is 23.0 Å². The number of carbonyl (C=O) groups is 1. The highest BCUT2D eigenvalue weighted by Gasteiger charge is 2.21. The van der Waals surface area contributed by atoms with Crippen molar-refractivity contribution in [2.45, 2.75) is 31.8 Å². The molecule has 1 aliphatic heterocycles. The van der Waals surface area contributed by atoms with Gasteiger partial charge >= 0.3 is 0 Å². The number of anilines is 1. The van der Waals surface area contributed by atoms with Crippen LogP contribution in [-0.4, -0.2) is 37.2 Å². The second kappa shape index (κ2) is 6.64. The molecular weight excluding hydrogens is 320 g/mol. The fourth-order valence-corrected chi connectivity index (χ4v) is 3.05. The molecular formula is C17H20N6O2. The van der Waals surface area contributed by atoms with Crippen LogP contribution in [0.1, 0.15) is 36.8 Å². The maximum atomic E-state index is 12.1. The lowest BCUT2D eigenvalue weighted by atomic mass is 10.1. The number of hydrogen-bond donors (Lipinski definition) is 2. The van der Waals surface area contributed by atoms with Crippen molar-refractivity contribution in [1.82, 2.24) is 24.7 Å². The first-order chi connectivity index (χ1) is 12.2. The van der Waals surface area contributed by atoms with E-state index in [0.717, 1.165) is 36.0 Å². The number of aromatic nitrogens is 5. The minimum atomic E-state index is -0.112. The van der Waals surface area contributed by atoms with E-state index in [0.29, 0.717) is 24.6 Å². The topological polar surface area (TPSA) is 97.7 Å². The molecule has 2 N–H and O–H groups in total. The van der Waals surface area contributed by atoms with Crippen molar-refractivity contribution in [2.75, 3.05) is 11.9 Å². The van der Waals surface area contributed by atoms with Crippen molar-refractivity contribution < 1.29 is 9.53 Å². The molecule has 0 spiro atoms. The van der Waals surface area contributed by atoms with E-state index in [-0.39, 0.29) is 12.0 Å². The Kier molecular flexibility index (Phi) is 4.19. The summed E-state index contributed by atoms with van der Waals surface area (Å²) in [5.74, 6) is 0.864. The van der Waals surface area contributed by atoms with Crippen LogP contribution in [0.4, 0.5) is 5.95 Å². The molecule has 1 saturated heterocycles. The first-order valence-corrected chi connectivity index (χ1v) is 8.43. The molecule has 1 fully saturated rings. The first kappa shape index (κ1) is 15.8. The third-order valence-corrected chi connectivity index (χ3v) is 4.42. The number of nitrogens with zero attached hydrogens (tertiary/aromatic N) is 4. The second-order valence-corrected chi connectivity index (χ2v) is 6.27. The molecule has 3 heterocycles. The highest BCUT2D eigenvalue weighted by atomic mass is 16.5. The number of imidazole rings is 1. The summed E-state index contributed by atoms with van der Waals surface area (Å²) in [6.45, 7) is 0.744. The number of carbonyl (C=O) groups excluding carboxylic acids is 1. The van der Waals surface area contributed by atoms with Crippen LogP contribution in [0, 0.1) is 0 Å². The van der Waals surface area contributed by atoms with Gasteiger partial charge in [0, 0.05) is 20.1 Å². The summed E-state index contributed by atoms with van der Waals surface area (Å²) in [4.78, 5) is 20.8. The Labute approximate surface area is 144 Å². The second-order valence-electron chi connectivity index (χ2n) is 6.27. The number of ether oxygens (including phenoxy) is 1. The standard InChI is InChI=1S/C17H20N6O2/c1-23-10-18-12-9-11(4-6-13(12)23)5-7-15(24)19-17-20-16(21-22-17)14-3-2-8-25-14/h4,6,9-10,14H,2-3,5,7-8H2,1H3,(H2,19,20,21,22,24)/t14-/m0/s1. The summed E-state index contributed by atoms with van der Waals surface area (Å²) in [5.41, 5.74) is 3.10. The highest BCUT2D eigenvalue weighted by molar-refractivity contribution is 5.89. The fourth-order valence-electron chi connectivity index (χ4n) is 3.05. The predicted octanol–water partition coefficient (Wildman–Crippen LogP) is 2.11. The Hall–Kier alpha value is -2.74. The van der Waals surface area contributed by atoms with Crippen molar-refractivity contribution in [2.24, 2.45) is 7.05 Å². The molecule has 0 radical (unpaired) electrons. The van der Waals surface area contributed by atoms with Gasteiger partial charge in [-0.3, -0.25) is 15.2 Å². The number of H-pyrrole nitrogens is 1. The van der Waals surface area contributed by atoms with Crippen LogP contribution >= 0.6 is 0 Å². The molecule has 3 aromatic rings. The third-order valence-electron chi connectivity index (χ3n) is 4.42. The minimum absolute atomic E-state index is 0.0387. The molecule has 8 heteroatoms. The molecule has 4 rings (SSSR count). The van der Waals surface area contributed by atoms with Gasteiger partial charge < -0.3 is 9.30 Å². The maximum Gasteiger partial charge on any atom is 0.248 e. The minimum Gasteiger partial charge on any atom is -0.370 e. The summed E-state index contributed by atoms with van der Waals surface area (Å²) in [5, 5.41) is 9.61. The number of aryl methyl sites for hydroxylation is 2. The average Bonchev–Trinajstić information content (AvgIpc) is 3.34. The normalized spacial score (nSPS) is 17.2. The molecule has 1 atom stereocenters. The zero-order valence-corrected chi connectivity index (χ0v) is 14.0. The van der Waals surface area contributed by atoms with Crippen molar-refractivity contribution >= 4 is 22.9 Å². The number of fused-ring (bicyclic) bond motifs is 1. The molecule has 0 aliphatic carbocycles. The largest absolute Gasteiger partial charge is 0.370 e. The van der Waals surface area contributed by atoms with Gasteiger partial charge in [0.15, 0.2) is 5.82 Å².